The first-order chi connectivity index (χ1) is 8.52. The number of ether oxygens (including phenoxy) is 1. The average Bonchev–Trinajstić information content (AvgIpc) is 2.67. The van der Waals surface area contributed by atoms with Crippen molar-refractivity contribution in [1.82, 2.24) is 0 Å². The van der Waals surface area contributed by atoms with Crippen LogP contribution in [0.3, 0.4) is 0 Å². The Morgan fingerprint density at radius 1 is 1.17 bits per heavy atom. The molecule has 0 saturated heterocycles. The Balaban J connectivity index is 2.45. The normalized spacial score (nSPS) is 12.5. The van der Waals surface area contributed by atoms with Gasteiger partial charge in [0, 0.05) is 14.9 Å². The molecule has 0 aliphatic carbocycles. The van der Waals surface area contributed by atoms with Crippen molar-refractivity contribution in [2.45, 2.75) is 11.8 Å². The van der Waals surface area contributed by atoms with E-state index in [9.17, 15) is 0 Å². The first-order valence-electron chi connectivity index (χ1n) is 5.26. The van der Waals surface area contributed by atoms with Crippen molar-refractivity contribution in [1.29, 1.82) is 0 Å². The highest BCUT2D eigenvalue weighted by atomic mass is 79.9. The fourth-order valence-corrected chi connectivity index (χ4v) is 4.87. The minimum Gasteiger partial charge on any atom is -0.496 e. The summed E-state index contributed by atoms with van der Waals surface area (Å²) in [5.41, 5.74) is 2.40. The van der Waals surface area contributed by atoms with Crippen LogP contribution in [0.5, 0.6) is 5.75 Å². The van der Waals surface area contributed by atoms with Crippen molar-refractivity contribution < 1.29 is 4.74 Å². The lowest BCUT2D eigenvalue weighted by molar-refractivity contribution is 0.410. The molecule has 5 heteroatoms. The summed E-state index contributed by atoms with van der Waals surface area (Å²) in [5.74, 6) is 0.882. The van der Waals surface area contributed by atoms with Crippen molar-refractivity contribution in [3.8, 4) is 5.75 Å². The molecule has 0 aliphatic heterocycles. The molecule has 18 heavy (non-hydrogen) atoms. The fraction of sp³-hybridized carbons (Fsp3) is 0.231. The van der Waals surface area contributed by atoms with Crippen LogP contribution in [-0.4, -0.2) is 7.11 Å². The smallest absolute Gasteiger partial charge is 0.124 e. The highest BCUT2D eigenvalue weighted by Crippen LogP contribution is 2.42. The van der Waals surface area contributed by atoms with E-state index in [0.717, 1.165) is 19.6 Å². The summed E-state index contributed by atoms with van der Waals surface area (Å²) < 4.78 is 7.62. The number of alkyl halides is 1. The predicted molar refractivity (Wildman–Crippen MR) is 88.2 cm³/mol. The van der Waals surface area contributed by atoms with Crippen LogP contribution in [0.15, 0.2) is 32.5 Å². The number of benzene rings is 1. The van der Waals surface area contributed by atoms with Crippen LogP contribution in [0.1, 0.15) is 20.8 Å². The van der Waals surface area contributed by atoms with E-state index in [1.165, 1.54) is 10.4 Å². The molecule has 0 aliphatic rings. The molecule has 1 unspecified atom stereocenters. The van der Waals surface area contributed by atoms with Crippen LogP contribution >= 0.6 is 59.1 Å². The zero-order valence-corrected chi connectivity index (χ0v) is 15.4. The Labute approximate surface area is 136 Å². The number of thiophene rings is 1. The highest BCUT2D eigenvalue weighted by molar-refractivity contribution is 9.11. The predicted octanol–water partition coefficient (Wildman–Crippen LogP) is 6.07. The van der Waals surface area contributed by atoms with Crippen LogP contribution in [-0.2, 0) is 0 Å². The Bertz CT molecular complexity index is 565. The van der Waals surface area contributed by atoms with Gasteiger partial charge in [0.1, 0.15) is 5.75 Å². The van der Waals surface area contributed by atoms with Crippen LogP contribution < -0.4 is 4.74 Å². The second-order valence-electron chi connectivity index (χ2n) is 3.81. The van der Waals surface area contributed by atoms with Gasteiger partial charge in [0.25, 0.3) is 0 Å². The number of rotatable bonds is 3. The lowest BCUT2D eigenvalue weighted by Gasteiger charge is -2.14. The summed E-state index contributed by atoms with van der Waals surface area (Å²) in [6.07, 6.45) is 0. The molecule has 1 heterocycles. The van der Waals surface area contributed by atoms with Gasteiger partial charge < -0.3 is 4.74 Å². The van der Waals surface area contributed by atoms with E-state index in [1.54, 1.807) is 18.4 Å². The van der Waals surface area contributed by atoms with E-state index in [0.29, 0.717) is 0 Å². The number of aryl methyl sites for hydroxylation is 1. The van der Waals surface area contributed by atoms with Gasteiger partial charge in [0.15, 0.2) is 0 Å². The maximum Gasteiger partial charge on any atom is 0.124 e. The van der Waals surface area contributed by atoms with Crippen molar-refractivity contribution in [3.05, 3.63) is 48.5 Å². The van der Waals surface area contributed by atoms with Gasteiger partial charge in [-0.05, 0) is 46.6 Å². The van der Waals surface area contributed by atoms with E-state index < -0.39 is 0 Å². The first-order valence-corrected chi connectivity index (χ1v) is 8.58. The largest absolute Gasteiger partial charge is 0.496 e. The second kappa shape index (κ2) is 6.07. The molecule has 0 N–H and O–H groups in total. The monoisotopic (exact) mass is 452 g/mol. The summed E-state index contributed by atoms with van der Waals surface area (Å²) in [6, 6.07) is 8.25. The van der Waals surface area contributed by atoms with E-state index in [4.69, 9.17) is 4.74 Å². The van der Waals surface area contributed by atoms with Gasteiger partial charge in [-0.15, -0.1) is 11.3 Å². The standard InChI is InChI=1S/C13H11Br3OS/c1-7-10(6-12(15)18-7)13(16)9-4-3-8(14)5-11(9)17-2/h3-6,13H,1-2H3. The molecule has 0 fully saturated rings. The lowest BCUT2D eigenvalue weighted by Crippen LogP contribution is -1.97. The lowest BCUT2D eigenvalue weighted by atomic mass is 10.0. The van der Waals surface area contributed by atoms with Gasteiger partial charge in [0.2, 0.25) is 0 Å². The molecule has 0 bridgehead atoms. The minimum atomic E-state index is 0.142. The summed E-state index contributed by atoms with van der Waals surface area (Å²) in [4.78, 5) is 1.44. The molecule has 96 valence electrons. The van der Waals surface area contributed by atoms with Crippen LogP contribution in [0, 0.1) is 6.92 Å². The number of halogens is 3. The molecular formula is C13H11Br3OS. The molecule has 2 aromatic rings. The van der Waals surface area contributed by atoms with E-state index >= 15 is 0 Å². The fourth-order valence-electron chi connectivity index (χ4n) is 1.77. The van der Waals surface area contributed by atoms with E-state index in [-0.39, 0.29) is 4.83 Å². The SMILES string of the molecule is COc1cc(Br)ccc1C(Br)c1cc(Br)sc1C. The second-order valence-corrected chi connectivity index (χ2v) is 8.28. The van der Waals surface area contributed by atoms with Crippen molar-refractivity contribution in [2.24, 2.45) is 0 Å². The van der Waals surface area contributed by atoms with Crippen molar-refractivity contribution in [3.63, 3.8) is 0 Å². The Morgan fingerprint density at radius 2 is 1.89 bits per heavy atom. The molecule has 1 atom stereocenters. The Kier molecular flexibility index (Phi) is 4.92. The first kappa shape index (κ1) is 14.6. The van der Waals surface area contributed by atoms with Gasteiger partial charge in [-0.3, -0.25) is 0 Å². The van der Waals surface area contributed by atoms with Crippen LogP contribution in [0.4, 0.5) is 0 Å². The topological polar surface area (TPSA) is 9.23 Å². The van der Waals surface area contributed by atoms with Crippen molar-refractivity contribution in [2.75, 3.05) is 7.11 Å². The third-order valence-electron chi connectivity index (χ3n) is 2.67. The quantitative estimate of drug-likeness (QED) is 0.511. The van der Waals surface area contributed by atoms with Gasteiger partial charge >= 0.3 is 0 Å². The average molecular weight is 455 g/mol. The molecule has 0 radical (unpaired) electrons. The molecular weight excluding hydrogens is 444 g/mol. The Hall–Kier alpha value is 0.160. The van der Waals surface area contributed by atoms with Gasteiger partial charge in [0.05, 0.1) is 15.7 Å². The van der Waals surface area contributed by atoms with Crippen LogP contribution in [0.2, 0.25) is 0 Å². The van der Waals surface area contributed by atoms with Gasteiger partial charge in [-0.1, -0.05) is 37.9 Å². The number of hydrogen-bond donors (Lipinski definition) is 0. The van der Waals surface area contributed by atoms with E-state index in [1.807, 2.05) is 12.1 Å². The molecule has 0 amide bonds. The van der Waals surface area contributed by atoms with Crippen molar-refractivity contribution >= 4 is 59.1 Å². The third kappa shape index (κ3) is 3.00. The summed E-state index contributed by atoms with van der Waals surface area (Å²) >= 11 is 12.5. The zero-order valence-electron chi connectivity index (χ0n) is 9.84. The minimum absolute atomic E-state index is 0.142. The zero-order chi connectivity index (χ0) is 13.3. The molecule has 0 spiro atoms. The summed E-state index contributed by atoms with van der Waals surface area (Å²) in [6.45, 7) is 2.13. The van der Waals surface area contributed by atoms with Gasteiger partial charge in [-0.2, -0.15) is 0 Å². The maximum atomic E-state index is 5.45. The van der Waals surface area contributed by atoms with E-state index in [2.05, 4.69) is 66.8 Å². The molecule has 1 aromatic heterocycles. The summed E-state index contributed by atoms with van der Waals surface area (Å²) in [7, 11) is 1.70. The number of methoxy groups -OCH3 is 1. The maximum absolute atomic E-state index is 5.45. The molecule has 0 saturated carbocycles. The summed E-state index contributed by atoms with van der Waals surface area (Å²) in [5, 5.41) is 0. The number of hydrogen-bond acceptors (Lipinski definition) is 2. The Morgan fingerprint density at radius 3 is 2.44 bits per heavy atom. The molecule has 1 nitrogen and oxygen atoms in total. The van der Waals surface area contributed by atoms with Crippen LogP contribution in [0.25, 0.3) is 0 Å². The molecule has 1 aromatic carbocycles. The highest BCUT2D eigenvalue weighted by Gasteiger charge is 2.19. The van der Waals surface area contributed by atoms with Gasteiger partial charge in [-0.25, -0.2) is 0 Å². The third-order valence-corrected chi connectivity index (χ3v) is 5.72. The molecule has 2 rings (SSSR count).